The highest BCUT2D eigenvalue weighted by atomic mass is 32.2. The lowest BCUT2D eigenvalue weighted by Gasteiger charge is -2.09. The molecule has 0 bridgehead atoms. The fourth-order valence-electron chi connectivity index (χ4n) is 1.87. The Morgan fingerprint density at radius 3 is 2.90 bits per heavy atom. The van der Waals surface area contributed by atoms with Crippen LogP contribution in [0.3, 0.4) is 0 Å². The Balaban J connectivity index is 2.03. The van der Waals surface area contributed by atoms with Gasteiger partial charge < -0.3 is 9.52 Å². The number of nitrogens with zero attached hydrogens (tertiary/aromatic N) is 2. The van der Waals surface area contributed by atoms with Crippen molar-refractivity contribution in [1.29, 1.82) is 0 Å². The van der Waals surface area contributed by atoms with Crippen LogP contribution >= 0.6 is 23.1 Å². The molecule has 2 aromatic rings. The van der Waals surface area contributed by atoms with Crippen LogP contribution in [0.5, 0.6) is 5.75 Å². The second-order valence-corrected chi connectivity index (χ2v) is 6.01. The van der Waals surface area contributed by atoms with Crippen molar-refractivity contribution < 1.29 is 14.3 Å². The first kappa shape index (κ1) is 13.2. The number of thioether (sulfide) groups is 1. The average Bonchev–Trinajstić information content (AvgIpc) is 2.96. The summed E-state index contributed by atoms with van der Waals surface area (Å²) >= 11 is 2.77. The highest BCUT2D eigenvalue weighted by Gasteiger charge is 2.26. The van der Waals surface area contributed by atoms with Crippen LogP contribution in [0.1, 0.15) is 5.76 Å². The number of carbonyl (C=O) groups is 1. The van der Waals surface area contributed by atoms with E-state index < -0.39 is 5.63 Å². The summed E-state index contributed by atoms with van der Waals surface area (Å²) in [6, 6.07) is 1.37. The minimum Gasteiger partial charge on any atom is -0.507 e. The summed E-state index contributed by atoms with van der Waals surface area (Å²) in [5, 5.41) is 12.0. The Bertz CT molecular complexity index is 737. The van der Waals surface area contributed by atoms with E-state index in [4.69, 9.17) is 4.42 Å². The molecule has 2 aromatic heterocycles. The van der Waals surface area contributed by atoms with Gasteiger partial charge in [-0.2, -0.15) is 0 Å². The van der Waals surface area contributed by atoms with Gasteiger partial charge in [-0.05, 0) is 6.92 Å². The van der Waals surface area contributed by atoms with E-state index >= 15 is 0 Å². The van der Waals surface area contributed by atoms with Crippen LogP contribution in [0.4, 0.5) is 5.13 Å². The van der Waals surface area contributed by atoms with Crippen molar-refractivity contribution in [2.24, 2.45) is 0 Å². The molecule has 0 unspecified atom stereocenters. The zero-order valence-corrected chi connectivity index (χ0v) is 12.1. The summed E-state index contributed by atoms with van der Waals surface area (Å²) in [6.45, 7) is 1.58. The predicted molar refractivity (Wildman–Crippen MR) is 77.3 cm³/mol. The number of carbonyl (C=O) groups excluding carboxylic acids is 1. The first-order chi connectivity index (χ1) is 9.56. The molecule has 1 N–H and O–H groups in total. The standard InChI is InChI=1S/C12H10N2O4S2/c1-6-2-8(15)10(11(17)18-6)7-3-20-12(13-7)14-5-19-4-9(14)16/h2-3,15H,4-5H2,1H3. The highest BCUT2D eigenvalue weighted by molar-refractivity contribution is 8.00. The van der Waals surface area contributed by atoms with Crippen LogP contribution in [0.25, 0.3) is 11.3 Å². The van der Waals surface area contributed by atoms with Gasteiger partial charge in [0.05, 0.1) is 17.3 Å². The van der Waals surface area contributed by atoms with Crippen molar-refractivity contribution >= 4 is 34.1 Å². The maximum atomic E-state index is 11.8. The first-order valence-corrected chi connectivity index (χ1v) is 7.77. The average molecular weight is 310 g/mol. The van der Waals surface area contributed by atoms with E-state index in [2.05, 4.69) is 4.98 Å². The van der Waals surface area contributed by atoms with Gasteiger partial charge in [0.1, 0.15) is 17.1 Å². The van der Waals surface area contributed by atoms with Gasteiger partial charge in [-0.3, -0.25) is 9.69 Å². The van der Waals surface area contributed by atoms with Gasteiger partial charge in [0, 0.05) is 11.4 Å². The lowest BCUT2D eigenvalue weighted by atomic mass is 10.2. The number of aromatic hydroxyl groups is 1. The zero-order chi connectivity index (χ0) is 14.3. The summed E-state index contributed by atoms with van der Waals surface area (Å²) in [5.41, 5.74) is -0.292. The number of hydrogen-bond donors (Lipinski definition) is 1. The first-order valence-electron chi connectivity index (χ1n) is 5.74. The summed E-state index contributed by atoms with van der Waals surface area (Å²) in [4.78, 5) is 29.3. The molecule has 1 saturated heterocycles. The van der Waals surface area contributed by atoms with E-state index in [1.54, 1.807) is 17.2 Å². The zero-order valence-electron chi connectivity index (χ0n) is 10.5. The molecule has 1 aliphatic rings. The smallest absolute Gasteiger partial charge is 0.349 e. The Morgan fingerprint density at radius 2 is 2.25 bits per heavy atom. The quantitative estimate of drug-likeness (QED) is 0.911. The molecule has 3 rings (SSSR count). The minimum absolute atomic E-state index is 0.00365. The third kappa shape index (κ3) is 2.20. The molecule has 104 valence electrons. The third-order valence-electron chi connectivity index (χ3n) is 2.78. The molecule has 0 radical (unpaired) electrons. The molecule has 20 heavy (non-hydrogen) atoms. The van der Waals surface area contributed by atoms with Crippen LogP contribution in [0.15, 0.2) is 20.7 Å². The Labute approximate surface area is 122 Å². The summed E-state index contributed by atoms with van der Waals surface area (Å²) in [7, 11) is 0. The van der Waals surface area contributed by atoms with Gasteiger partial charge in [0.2, 0.25) is 5.91 Å². The van der Waals surface area contributed by atoms with Crippen LogP contribution in [0, 0.1) is 6.92 Å². The number of hydrogen-bond acceptors (Lipinski definition) is 7. The number of aromatic nitrogens is 1. The SMILES string of the molecule is Cc1cc(O)c(-c2csc(N3CSCC3=O)n2)c(=O)o1. The summed E-state index contributed by atoms with van der Waals surface area (Å²) in [5.74, 6) is 1.15. The van der Waals surface area contributed by atoms with Gasteiger partial charge in [0.15, 0.2) is 5.13 Å². The van der Waals surface area contributed by atoms with Crippen molar-refractivity contribution in [2.45, 2.75) is 6.92 Å². The van der Waals surface area contributed by atoms with Gasteiger partial charge in [-0.15, -0.1) is 23.1 Å². The molecule has 0 saturated carbocycles. The molecule has 1 amide bonds. The summed E-state index contributed by atoms with van der Waals surface area (Å²) < 4.78 is 4.96. The van der Waals surface area contributed by atoms with E-state index in [-0.39, 0.29) is 17.2 Å². The van der Waals surface area contributed by atoms with Crippen molar-refractivity contribution in [3.8, 4) is 17.0 Å². The monoisotopic (exact) mass is 310 g/mol. The molecule has 1 fully saturated rings. The lowest BCUT2D eigenvalue weighted by molar-refractivity contribution is -0.115. The van der Waals surface area contributed by atoms with Crippen LogP contribution in [0.2, 0.25) is 0 Å². The molecule has 0 atom stereocenters. The Kier molecular flexibility index (Phi) is 3.27. The lowest BCUT2D eigenvalue weighted by Crippen LogP contribution is -2.24. The van der Waals surface area contributed by atoms with Gasteiger partial charge >= 0.3 is 5.63 Å². The van der Waals surface area contributed by atoms with Crippen LogP contribution in [-0.4, -0.2) is 27.6 Å². The normalized spacial score (nSPS) is 15.1. The van der Waals surface area contributed by atoms with Crippen LogP contribution < -0.4 is 10.5 Å². The van der Waals surface area contributed by atoms with Crippen molar-refractivity contribution in [2.75, 3.05) is 16.5 Å². The number of anilines is 1. The second kappa shape index (κ2) is 4.95. The minimum atomic E-state index is -0.638. The molecule has 0 spiro atoms. The molecule has 0 aliphatic carbocycles. The summed E-state index contributed by atoms with van der Waals surface area (Å²) in [6.07, 6.45) is 0. The van der Waals surface area contributed by atoms with Crippen LogP contribution in [-0.2, 0) is 4.79 Å². The predicted octanol–water partition coefficient (Wildman–Crippen LogP) is 1.81. The Hall–Kier alpha value is -1.80. The van der Waals surface area contributed by atoms with Crippen molar-refractivity contribution in [3.63, 3.8) is 0 Å². The maximum Gasteiger partial charge on any atom is 0.349 e. The second-order valence-electron chi connectivity index (χ2n) is 4.22. The molecule has 1 aliphatic heterocycles. The number of thiazole rings is 1. The number of amides is 1. The molecular formula is C12H10N2O4S2. The topological polar surface area (TPSA) is 83.6 Å². The Morgan fingerprint density at radius 1 is 1.45 bits per heavy atom. The number of rotatable bonds is 2. The van der Waals surface area contributed by atoms with E-state index in [0.717, 1.165) is 0 Å². The van der Waals surface area contributed by atoms with Crippen molar-refractivity contribution in [1.82, 2.24) is 4.98 Å². The molecule has 0 aromatic carbocycles. The molecule has 8 heteroatoms. The van der Waals surface area contributed by atoms with Gasteiger partial charge in [0.25, 0.3) is 0 Å². The highest BCUT2D eigenvalue weighted by Crippen LogP contribution is 2.33. The third-order valence-corrected chi connectivity index (χ3v) is 4.54. The van der Waals surface area contributed by atoms with E-state index in [1.165, 1.54) is 29.2 Å². The molecular weight excluding hydrogens is 300 g/mol. The molecule has 6 nitrogen and oxygen atoms in total. The fraction of sp³-hybridized carbons (Fsp3) is 0.250. The largest absolute Gasteiger partial charge is 0.507 e. The van der Waals surface area contributed by atoms with E-state index in [0.29, 0.717) is 28.2 Å². The maximum absolute atomic E-state index is 11.8. The molecule has 3 heterocycles. The van der Waals surface area contributed by atoms with Gasteiger partial charge in [-0.1, -0.05) is 0 Å². The van der Waals surface area contributed by atoms with E-state index in [9.17, 15) is 14.7 Å². The fourth-order valence-corrected chi connectivity index (χ4v) is 3.66. The van der Waals surface area contributed by atoms with Crippen molar-refractivity contribution in [3.05, 3.63) is 27.6 Å². The number of aryl methyl sites for hydroxylation is 1. The van der Waals surface area contributed by atoms with Gasteiger partial charge in [-0.25, -0.2) is 9.78 Å². The van der Waals surface area contributed by atoms with E-state index in [1.807, 2.05) is 0 Å².